The summed E-state index contributed by atoms with van der Waals surface area (Å²) in [4.78, 5) is 37.5. The van der Waals surface area contributed by atoms with Crippen LogP contribution < -0.4 is 5.32 Å². The molecule has 1 saturated heterocycles. The predicted octanol–water partition coefficient (Wildman–Crippen LogP) is 1.22. The van der Waals surface area contributed by atoms with Crippen molar-refractivity contribution in [3.8, 4) is 0 Å². The van der Waals surface area contributed by atoms with E-state index in [9.17, 15) is 14.4 Å². The molecule has 0 bridgehead atoms. The molecular formula is C14H22N2O3. The van der Waals surface area contributed by atoms with Crippen molar-refractivity contribution in [2.45, 2.75) is 58.4 Å². The van der Waals surface area contributed by atoms with Crippen LogP contribution in [0.15, 0.2) is 0 Å². The van der Waals surface area contributed by atoms with E-state index in [0.717, 1.165) is 25.7 Å². The predicted molar refractivity (Wildman–Crippen MR) is 70.1 cm³/mol. The van der Waals surface area contributed by atoms with E-state index in [-0.39, 0.29) is 24.3 Å². The molecule has 1 aliphatic heterocycles. The standard InChI is InChI=1S/C14H22N2O3/c1-3-10-12(18)15-11(17)9-16(10)13(19)14(2)7-5-4-6-8-14/h10H,3-9H2,1-2H3,(H,15,17,18). The fourth-order valence-corrected chi connectivity index (χ4v) is 3.18. The van der Waals surface area contributed by atoms with Crippen LogP contribution in [0.3, 0.4) is 0 Å². The second-order valence-electron chi connectivity index (χ2n) is 5.89. The van der Waals surface area contributed by atoms with Gasteiger partial charge in [-0.2, -0.15) is 0 Å². The van der Waals surface area contributed by atoms with E-state index in [1.165, 1.54) is 11.3 Å². The van der Waals surface area contributed by atoms with Crippen molar-refractivity contribution < 1.29 is 14.4 Å². The van der Waals surface area contributed by atoms with Gasteiger partial charge in [0.2, 0.25) is 17.7 Å². The molecule has 1 heterocycles. The minimum Gasteiger partial charge on any atom is -0.321 e. The van der Waals surface area contributed by atoms with Gasteiger partial charge in [-0.1, -0.05) is 33.1 Å². The molecule has 5 nitrogen and oxygen atoms in total. The number of hydrogen-bond donors (Lipinski definition) is 1. The summed E-state index contributed by atoms with van der Waals surface area (Å²) in [6.45, 7) is 3.85. The third kappa shape index (κ3) is 2.65. The average Bonchev–Trinajstić information content (AvgIpc) is 2.38. The second kappa shape index (κ2) is 5.31. The quantitative estimate of drug-likeness (QED) is 0.764. The summed E-state index contributed by atoms with van der Waals surface area (Å²) in [6, 6.07) is -0.496. The molecule has 1 unspecified atom stereocenters. The van der Waals surface area contributed by atoms with Gasteiger partial charge in [-0.05, 0) is 19.3 Å². The molecule has 1 aliphatic carbocycles. The molecule has 19 heavy (non-hydrogen) atoms. The Bertz CT molecular complexity index is 399. The number of piperazine rings is 1. The topological polar surface area (TPSA) is 66.5 Å². The smallest absolute Gasteiger partial charge is 0.249 e. The third-order valence-electron chi connectivity index (χ3n) is 4.38. The summed E-state index contributed by atoms with van der Waals surface area (Å²) in [7, 11) is 0. The largest absolute Gasteiger partial charge is 0.321 e. The molecule has 0 radical (unpaired) electrons. The number of rotatable bonds is 2. The van der Waals surface area contributed by atoms with E-state index in [1.807, 2.05) is 13.8 Å². The molecule has 0 aromatic heterocycles. The molecule has 0 aromatic rings. The fraction of sp³-hybridized carbons (Fsp3) is 0.786. The van der Waals surface area contributed by atoms with E-state index in [1.54, 1.807) is 0 Å². The lowest BCUT2D eigenvalue weighted by atomic mass is 9.74. The Balaban J connectivity index is 2.19. The number of carbonyl (C=O) groups is 3. The maximum atomic E-state index is 12.7. The normalized spacial score (nSPS) is 27.1. The van der Waals surface area contributed by atoms with Crippen LogP contribution in [0.4, 0.5) is 0 Å². The highest BCUT2D eigenvalue weighted by Gasteiger charge is 2.43. The third-order valence-corrected chi connectivity index (χ3v) is 4.38. The van der Waals surface area contributed by atoms with Crippen LogP contribution in [0, 0.1) is 5.41 Å². The van der Waals surface area contributed by atoms with Gasteiger partial charge < -0.3 is 4.90 Å². The zero-order valence-corrected chi connectivity index (χ0v) is 11.7. The molecule has 0 aromatic carbocycles. The van der Waals surface area contributed by atoms with E-state index in [2.05, 4.69) is 5.32 Å². The maximum absolute atomic E-state index is 12.7. The number of carbonyl (C=O) groups excluding carboxylic acids is 3. The van der Waals surface area contributed by atoms with Gasteiger partial charge in [0.25, 0.3) is 0 Å². The van der Waals surface area contributed by atoms with E-state index >= 15 is 0 Å². The van der Waals surface area contributed by atoms with Gasteiger partial charge in [0, 0.05) is 5.41 Å². The molecule has 2 rings (SSSR count). The second-order valence-corrected chi connectivity index (χ2v) is 5.89. The Morgan fingerprint density at radius 3 is 2.53 bits per heavy atom. The summed E-state index contributed by atoms with van der Waals surface area (Å²) in [5.74, 6) is -0.740. The van der Waals surface area contributed by atoms with Crippen molar-refractivity contribution in [3.63, 3.8) is 0 Å². The summed E-state index contributed by atoms with van der Waals surface area (Å²) in [5.41, 5.74) is -0.399. The van der Waals surface area contributed by atoms with Gasteiger partial charge in [0.15, 0.2) is 0 Å². The Morgan fingerprint density at radius 1 is 1.32 bits per heavy atom. The van der Waals surface area contributed by atoms with Crippen LogP contribution >= 0.6 is 0 Å². The number of nitrogens with zero attached hydrogens (tertiary/aromatic N) is 1. The molecular weight excluding hydrogens is 244 g/mol. The SMILES string of the molecule is CCC1C(=O)NC(=O)CN1C(=O)C1(C)CCCCC1. The molecule has 2 aliphatic rings. The van der Waals surface area contributed by atoms with Crippen molar-refractivity contribution in [2.75, 3.05) is 6.54 Å². The Morgan fingerprint density at radius 2 is 1.95 bits per heavy atom. The van der Waals surface area contributed by atoms with E-state index in [4.69, 9.17) is 0 Å². The Kier molecular flexibility index (Phi) is 3.92. The van der Waals surface area contributed by atoms with Crippen LogP contribution in [0.5, 0.6) is 0 Å². The average molecular weight is 266 g/mol. The Hall–Kier alpha value is -1.39. The first kappa shape index (κ1) is 14.0. The van der Waals surface area contributed by atoms with Gasteiger partial charge in [-0.15, -0.1) is 0 Å². The molecule has 0 spiro atoms. The molecule has 2 fully saturated rings. The highest BCUT2D eigenvalue weighted by molar-refractivity contribution is 6.04. The van der Waals surface area contributed by atoms with Crippen molar-refractivity contribution in [3.05, 3.63) is 0 Å². The van der Waals surface area contributed by atoms with Crippen LogP contribution in [0.25, 0.3) is 0 Å². The minimum atomic E-state index is -0.496. The minimum absolute atomic E-state index is 0.0126. The van der Waals surface area contributed by atoms with Crippen molar-refractivity contribution in [1.29, 1.82) is 0 Å². The van der Waals surface area contributed by atoms with Gasteiger partial charge >= 0.3 is 0 Å². The van der Waals surface area contributed by atoms with Crippen LogP contribution in [-0.4, -0.2) is 35.2 Å². The number of nitrogens with one attached hydrogen (secondary N) is 1. The molecule has 5 heteroatoms. The van der Waals surface area contributed by atoms with Crippen LogP contribution in [0.1, 0.15) is 52.4 Å². The van der Waals surface area contributed by atoms with Crippen molar-refractivity contribution in [1.82, 2.24) is 10.2 Å². The van der Waals surface area contributed by atoms with E-state index in [0.29, 0.717) is 6.42 Å². The highest BCUT2D eigenvalue weighted by Crippen LogP contribution is 2.38. The lowest BCUT2D eigenvalue weighted by Gasteiger charge is -2.41. The molecule has 1 atom stereocenters. The number of amides is 3. The first-order chi connectivity index (χ1) is 8.98. The maximum Gasteiger partial charge on any atom is 0.249 e. The summed E-state index contributed by atoms with van der Waals surface area (Å²) >= 11 is 0. The zero-order valence-electron chi connectivity index (χ0n) is 11.7. The first-order valence-electron chi connectivity index (χ1n) is 7.13. The lowest BCUT2D eigenvalue weighted by Crippen LogP contribution is -2.62. The van der Waals surface area contributed by atoms with Gasteiger partial charge in [0.1, 0.15) is 12.6 Å². The van der Waals surface area contributed by atoms with Crippen LogP contribution in [-0.2, 0) is 14.4 Å². The monoisotopic (exact) mass is 266 g/mol. The highest BCUT2D eigenvalue weighted by atomic mass is 16.2. The molecule has 106 valence electrons. The number of imide groups is 1. The summed E-state index contributed by atoms with van der Waals surface area (Å²) in [5, 5.41) is 2.31. The molecule has 3 amide bonds. The first-order valence-corrected chi connectivity index (χ1v) is 7.13. The van der Waals surface area contributed by atoms with E-state index < -0.39 is 11.5 Å². The van der Waals surface area contributed by atoms with Gasteiger partial charge in [0.05, 0.1) is 0 Å². The summed E-state index contributed by atoms with van der Waals surface area (Å²) < 4.78 is 0. The Labute approximate surface area is 113 Å². The number of hydrogen-bond acceptors (Lipinski definition) is 3. The lowest BCUT2D eigenvalue weighted by molar-refractivity contribution is -0.156. The molecule has 1 saturated carbocycles. The van der Waals surface area contributed by atoms with Gasteiger partial charge in [-0.3, -0.25) is 19.7 Å². The zero-order chi connectivity index (χ0) is 14.0. The molecule has 1 N–H and O–H groups in total. The van der Waals surface area contributed by atoms with Crippen molar-refractivity contribution in [2.24, 2.45) is 5.41 Å². The van der Waals surface area contributed by atoms with Crippen molar-refractivity contribution >= 4 is 17.7 Å². The van der Waals surface area contributed by atoms with Gasteiger partial charge in [-0.25, -0.2) is 0 Å². The van der Waals surface area contributed by atoms with Crippen LogP contribution in [0.2, 0.25) is 0 Å². The fourth-order valence-electron chi connectivity index (χ4n) is 3.18. The summed E-state index contributed by atoms with van der Waals surface area (Å²) in [6.07, 6.45) is 5.52.